The van der Waals surface area contributed by atoms with Gasteiger partial charge in [0.2, 0.25) is 5.13 Å². The molecule has 1 aromatic carbocycles. The Morgan fingerprint density at radius 2 is 1.76 bits per heavy atom. The Hall–Kier alpha value is -1.75. The highest BCUT2D eigenvalue weighted by Crippen LogP contribution is 2.35. The van der Waals surface area contributed by atoms with E-state index in [0.29, 0.717) is 5.13 Å². The lowest BCUT2D eigenvalue weighted by Gasteiger charge is -2.24. The fourth-order valence-corrected chi connectivity index (χ4v) is 4.18. The van der Waals surface area contributed by atoms with Crippen LogP contribution in [0.5, 0.6) is 0 Å². The molecular formula is C20H29N3OS. The molecule has 1 heterocycles. The zero-order valence-corrected chi connectivity index (χ0v) is 16.8. The van der Waals surface area contributed by atoms with Gasteiger partial charge in [0, 0.05) is 11.0 Å². The zero-order valence-electron chi connectivity index (χ0n) is 16.0. The van der Waals surface area contributed by atoms with Crippen LogP contribution in [0.15, 0.2) is 18.2 Å². The van der Waals surface area contributed by atoms with Crippen LogP contribution in [-0.2, 0) is 18.3 Å². The zero-order chi connectivity index (χ0) is 18.4. The number of rotatable bonds is 8. The smallest absolute Gasteiger partial charge is 0.258 e. The van der Waals surface area contributed by atoms with E-state index in [-0.39, 0.29) is 11.3 Å². The van der Waals surface area contributed by atoms with Crippen molar-refractivity contribution in [3.63, 3.8) is 0 Å². The number of benzene rings is 1. The SMILES string of the molecule is CCCC(C)(CC)c1nnc(NC(=O)c2c(CC)cccc2CC)s1. The second kappa shape index (κ2) is 8.56. The number of carbonyl (C=O) groups excluding carboxylic acids is 1. The van der Waals surface area contributed by atoms with Gasteiger partial charge in [0.25, 0.3) is 5.91 Å². The molecule has 25 heavy (non-hydrogen) atoms. The molecular weight excluding hydrogens is 330 g/mol. The summed E-state index contributed by atoms with van der Waals surface area (Å²) in [6.45, 7) is 10.7. The van der Waals surface area contributed by atoms with E-state index in [2.05, 4.69) is 50.1 Å². The monoisotopic (exact) mass is 359 g/mol. The Morgan fingerprint density at radius 3 is 2.28 bits per heavy atom. The molecule has 1 N–H and O–H groups in total. The first kappa shape index (κ1) is 19.6. The highest BCUT2D eigenvalue weighted by atomic mass is 32.1. The van der Waals surface area contributed by atoms with Crippen LogP contribution in [0.4, 0.5) is 5.13 Å². The third-order valence-electron chi connectivity index (χ3n) is 4.97. The molecule has 0 saturated heterocycles. The molecule has 1 atom stereocenters. The molecule has 0 aliphatic heterocycles. The minimum absolute atomic E-state index is 0.0330. The van der Waals surface area contributed by atoms with Gasteiger partial charge in [-0.15, -0.1) is 10.2 Å². The van der Waals surface area contributed by atoms with Gasteiger partial charge in [-0.2, -0.15) is 0 Å². The van der Waals surface area contributed by atoms with Gasteiger partial charge in [0.1, 0.15) is 5.01 Å². The van der Waals surface area contributed by atoms with Crippen molar-refractivity contribution in [1.82, 2.24) is 10.2 Å². The second-order valence-electron chi connectivity index (χ2n) is 6.69. The minimum atomic E-state index is -0.0781. The molecule has 0 bridgehead atoms. The predicted molar refractivity (Wildman–Crippen MR) is 106 cm³/mol. The average molecular weight is 360 g/mol. The first-order chi connectivity index (χ1) is 12.0. The predicted octanol–water partition coefficient (Wildman–Crippen LogP) is 5.38. The summed E-state index contributed by atoms with van der Waals surface area (Å²) < 4.78 is 0. The summed E-state index contributed by atoms with van der Waals surface area (Å²) in [5.41, 5.74) is 2.97. The van der Waals surface area contributed by atoms with Gasteiger partial charge in [-0.05, 0) is 36.8 Å². The minimum Gasteiger partial charge on any atom is -0.296 e. The Kier molecular flexibility index (Phi) is 6.71. The third kappa shape index (κ3) is 4.27. The summed E-state index contributed by atoms with van der Waals surface area (Å²) in [5, 5.41) is 13.2. The van der Waals surface area contributed by atoms with Crippen molar-refractivity contribution in [2.75, 3.05) is 5.32 Å². The van der Waals surface area contributed by atoms with E-state index >= 15 is 0 Å². The number of amides is 1. The molecule has 0 spiro atoms. The fourth-order valence-electron chi connectivity index (χ4n) is 3.20. The molecule has 0 radical (unpaired) electrons. The van der Waals surface area contributed by atoms with Crippen LogP contribution in [0, 0.1) is 0 Å². The molecule has 1 amide bonds. The molecule has 0 aliphatic carbocycles. The van der Waals surface area contributed by atoms with E-state index in [1.165, 1.54) is 11.3 Å². The van der Waals surface area contributed by atoms with Crippen LogP contribution >= 0.6 is 11.3 Å². The summed E-state index contributed by atoms with van der Waals surface area (Å²) in [4.78, 5) is 12.9. The number of aromatic nitrogens is 2. The molecule has 1 aromatic heterocycles. The summed E-state index contributed by atoms with van der Waals surface area (Å²) >= 11 is 1.50. The molecule has 0 aliphatic rings. The van der Waals surface area contributed by atoms with Crippen LogP contribution in [0.2, 0.25) is 0 Å². The topological polar surface area (TPSA) is 54.9 Å². The van der Waals surface area contributed by atoms with Crippen molar-refractivity contribution in [3.05, 3.63) is 39.9 Å². The molecule has 1 unspecified atom stereocenters. The van der Waals surface area contributed by atoms with Crippen molar-refractivity contribution in [2.24, 2.45) is 0 Å². The lowest BCUT2D eigenvalue weighted by atomic mass is 9.84. The number of anilines is 1. The highest BCUT2D eigenvalue weighted by molar-refractivity contribution is 7.15. The molecule has 2 rings (SSSR count). The number of aryl methyl sites for hydroxylation is 2. The Morgan fingerprint density at radius 1 is 1.12 bits per heavy atom. The largest absolute Gasteiger partial charge is 0.296 e. The quantitative estimate of drug-likeness (QED) is 0.688. The molecule has 4 nitrogen and oxygen atoms in total. The van der Waals surface area contributed by atoms with E-state index in [4.69, 9.17) is 0 Å². The Balaban J connectivity index is 2.26. The number of nitrogens with zero attached hydrogens (tertiary/aromatic N) is 2. The fraction of sp³-hybridized carbons (Fsp3) is 0.550. The molecule has 136 valence electrons. The van der Waals surface area contributed by atoms with Gasteiger partial charge in [0.15, 0.2) is 0 Å². The van der Waals surface area contributed by atoms with Crippen molar-refractivity contribution < 1.29 is 4.79 Å². The van der Waals surface area contributed by atoms with Gasteiger partial charge in [0.05, 0.1) is 0 Å². The summed E-state index contributed by atoms with van der Waals surface area (Å²) in [6, 6.07) is 6.07. The summed E-state index contributed by atoms with van der Waals surface area (Å²) in [6.07, 6.45) is 4.87. The Labute approximate surface area is 155 Å². The maximum absolute atomic E-state index is 12.9. The lowest BCUT2D eigenvalue weighted by Crippen LogP contribution is -2.20. The van der Waals surface area contributed by atoms with Gasteiger partial charge in [-0.1, -0.05) is 70.6 Å². The van der Waals surface area contributed by atoms with E-state index in [1.807, 2.05) is 18.2 Å². The Bertz CT molecular complexity index is 703. The second-order valence-corrected chi connectivity index (χ2v) is 7.67. The number of nitrogens with one attached hydrogen (secondary N) is 1. The number of hydrogen-bond donors (Lipinski definition) is 1. The maximum atomic E-state index is 12.9. The average Bonchev–Trinajstić information content (AvgIpc) is 3.10. The van der Waals surface area contributed by atoms with Crippen LogP contribution in [0.1, 0.15) is 80.4 Å². The summed E-state index contributed by atoms with van der Waals surface area (Å²) in [7, 11) is 0. The molecule has 0 saturated carbocycles. The van der Waals surface area contributed by atoms with E-state index in [1.54, 1.807) is 0 Å². The van der Waals surface area contributed by atoms with Crippen LogP contribution in [0.3, 0.4) is 0 Å². The first-order valence-corrected chi connectivity index (χ1v) is 10.1. The van der Waals surface area contributed by atoms with Crippen molar-refractivity contribution in [2.45, 2.75) is 72.1 Å². The molecule has 2 aromatic rings. The maximum Gasteiger partial charge on any atom is 0.258 e. The van der Waals surface area contributed by atoms with Gasteiger partial charge >= 0.3 is 0 Å². The molecule has 5 heteroatoms. The normalized spacial score (nSPS) is 13.5. The van der Waals surface area contributed by atoms with Crippen molar-refractivity contribution >= 4 is 22.4 Å². The van der Waals surface area contributed by atoms with E-state index in [0.717, 1.165) is 53.8 Å². The van der Waals surface area contributed by atoms with Crippen LogP contribution < -0.4 is 5.32 Å². The standard InChI is InChI=1S/C20H29N3OS/c1-6-13-20(5,9-4)18-22-23-19(25-18)21-17(24)16-14(7-2)11-10-12-15(16)8-3/h10-12H,6-9,13H2,1-5H3,(H,21,23,24). The van der Waals surface area contributed by atoms with E-state index < -0.39 is 0 Å². The number of hydrogen-bond acceptors (Lipinski definition) is 4. The highest BCUT2D eigenvalue weighted by Gasteiger charge is 2.28. The van der Waals surface area contributed by atoms with Gasteiger partial charge in [-0.25, -0.2) is 0 Å². The van der Waals surface area contributed by atoms with Crippen molar-refractivity contribution in [1.29, 1.82) is 0 Å². The van der Waals surface area contributed by atoms with Crippen LogP contribution in [-0.4, -0.2) is 16.1 Å². The first-order valence-electron chi connectivity index (χ1n) is 9.25. The van der Waals surface area contributed by atoms with Gasteiger partial charge < -0.3 is 0 Å². The third-order valence-corrected chi connectivity index (χ3v) is 6.11. The van der Waals surface area contributed by atoms with Gasteiger partial charge in [-0.3, -0.25) is 10.1 Å². The van der Waals surface area contributed by atoms with Crippen molar-refractivity contribution in [3.8, 4) is 0 Å². The van der Waals surface area contributed by atoms with Crippen LogP contribution in [0.25, 0.3) is 0 Å². The lowest BCUT2D eigenvalue weighted by molar-refractivity contribution is 0.102. The number of carbonyl (C=O) groups is 1. The summed E-state index contributed by atoms with van der Waals surface area (Å²) in [5.74, 6) is -0.0781. The molecule has 0 fully saturated rings. The van der Waals surface area contributed by atoms with E-state index in [9.17, 15) is 4.79 Å².